The number of benzene rings is 7. The van der Waals surface area contributed by atoms with Crippen LogP contribution in [0.1, 0.15) is 128 Å². The van der Waals surface area contributed by atoms with E-state index in [4.69, 9.17) is 0 Å². The van der Waals surface area contributed by atoms with Gasteiger partial charge in [0.15, 0.2) is 0 Å². The van der Waals surface area contributed by atoms with Crippen LogP contribution in [0.25, 0.3) is 66.8 Å². The van der Waals surface area contributed by atoms with Crippen LogP contribution in [0.2, 0.25) is 0 Å². The van der Waals surface area contributed by atoms with Gasteiger partial charge in [-0.15, -0.1) is 0 Å². The summed E-state index contributed by atoms with van der Waals surface area (Å²) >= 11 is 0. The minimum Gasteiger partial charge on any atom is -0.0654 e. The van der Waals surface area contributed by atoms with Crippen LogP contribution in [0.5, 0.6) is 0 Å². The van der Waals surface area contributed by atoms with E-state index in [-0.39, 0.29) is 0 Å². The Hall–Kier alpha value is -5.46. The van der Waals surface area contributed by atoms with Gasteiger partial charge in [-0.05, 0) is 104 Å². The molecule has 0 atom stereocenters. The lowest BCUT2D eigenvalue weighted by molar-refractivity contribution is 0.575. The SMILES string of the molecule is CCCCCCCCCCc1ccc(CCCCCCCCCC)c(-c2ccc(-c3ccc(-c4ccc(-c5ccc(-c6ccc(-c7ccccc7)cc6)cc5)cc4)cc3)cc2)c1. The van der Waals surface area contributed by atoms with Crippen molar-refractivity contribution in [2.24, 2.45) is 0 Å². The van der Waals surface area contributed by atoms with Gasteiger partial charge in [0.1, 0.15) is 0 Å². The molecule has 0 unspecified atom stereocenters. The van der Waals surface area contributed by atoms with E-state index in [1.54, 1.807) is 0 Å². The second-order valence-corrected chi connectivity index (χ2v) is 17.7. The summed E-state index contributed by atoms with van der Waals surface area (Å²) in [4.78, 5) is 0. The number of hydrogen-bond acceptors (Lipinski definition) is 0. The first kappa shape index (κ1) is 44.6. The van der Waals surface area contributed by atoms with Crippen molar-refractivity contribution in [1.82, 2.24) is 0 Å². The van der Waals surface area contributed by atoms with Crippen molar-refractivity contribution in [3.05, 3.63) is 181 Å². The maximum Gasteiger partial charge on any atom is -0.0149 e. The van der Waals surface area contributed by atoms with Crippen molar-refractivity contribution in [2.75, 3.05) is 0 Å². The maximum atomic E-state index is 2.53. The Morgan fingerprint density at radius 2 is 0.532 bits per heavy atom. The van der Waals surface area contributed by atoms with E-state index in [0.29, 0.717) is 0 Å². The molecule has 7 aromatic carbocycles. The highest BCUT2D eigenvalue weighted by Gasteiger charge is 2.10. The molecule has 0 nitrogen and oxygen atoms in total. The zero-order chi connectivity index (χ0) is 42.6. The van der Waals surface area contributed by atoms with Crippen molar-refractivity contribution in [2.45, 2.75) is 129 Å². The van der Waals surface area contributed by atoms with Crippen LogP contribution in [-0.4, -0.2) is 0 Å². The fourth-order valence-corrected chi connectivity index (χ4v) is 9.07. The molecular weight excluding hydrogens is 745 g/mol. The van der Waals surface area contributed by atoms with Crippen LogP contribution < -0.4 is 0 Å². The standard InChI is InChI=1S/C62H70/c1-3-5-7-9-11-13-15-18-22-49-26-27-60(25-19-16-14-12-10-8-6-4-2)62(48-49)61-46-44-59(45-47-61)58-42-40-57(41-43-58)56-38-36-55(37-39-56)54-34-32-53(33-35-54)52-30-28-51(29-31-52)50-23-20-17-21-24-50/h17,20-21,23-24,26-48H,3-16,18-19,22,25H2,1-2H3. The number of unbranched alkanes of at least 4 members (excludes halogenated alkanes) is 14. The van der Waals surface area contributed by atoms with Gasteiger partial charge in [-0.1, -0.05) is 274 Å². The van der Waals surface area contributed by atoms with E-state index in [2.05, 4.69) is 184 Å². The molecule has 0 saturated heterocycles. The Morgan fingerprint density at radius 1 is 0.242 bits per heavy atom. The van der Waals surface area contributed by atoms with Gasteiger partial charge in [-0.25, -0.2) is 0 Å². The molecule has 0 aliphatic rings. The third-order valence-corrected chi connectivity index (χ3v) is 13.0. The van der Waals surface area contributed by atoms with Crippen LogP contribution in [-0.2, 0) is 12.8 Å². The predicted octanol–water partition coefficient (Wildman–Crippen LogP) is 19.1. The Morgan fingerprint density at radius 3 is 0.887 bits per heavy atom. The molecule has 0 aliphatic carbocycles. The van der Waals surface area contributed by atoms with Gasteiger partial charge in [0, 0.05) is 0 Å². The predicted molar refractivity (Wildman–Crippen MR) is 272 cm³/mol. The highest BCUT2D eigenvalue weighted by molar-refractivity contribution is 5.77. The minimum atomic E-state index is 1.17. The molecule has 0 heteroatoms. The van der Waals surface area contributed by atoms with Crippen molar-refractivity contribution >= 4 is 0 Å². The first-order valence-corrected chi connectivity index (χ1v) is 24.4. The lowest BCUT2D eigenvalue weighted by atomic mass is 9.91. The van der Waals surface area contributed by atoms with E-state index in [1.807, 2.05) is 0 Å². The molecule has 7 aromatic rings. The van der Waals surface area contributed by atoms with Gasteiger partial charge >= 0.3 is 0 Å². The quantitative estimate of drug-likeness (QED) is 0.0533. The molecule has 0 heterocycles. The summed E-state index contributed by atoms with van der Waals surface area (Å²) in [6.45, 7) is 4.61. The molecule has 0 saturated carbocycles. The van der Waals surface area contributed by atoms with Gasteiger partial charge in [-0.2, -0.15) is 0 Å². The van der Waals surface area contributed by atoms with E-state index in [1.165, 1.54) is 193 Å². The highest BCUT2D eigenvalue weighted by atomic mass is 14.1. The van der Waals surface area contributed by atoms with Crippen molar-refractivity contribution in [3.63, 3.8) is 0 Å². The average Bonchev–Trinajstić information content (AvgIpc) is 3.34. The normalized spacial score (nSPS) is 11.3. The summed E-state index contributed by atoms with van der Waals surface area (Å²) in [5.74, 6) is 0. The molecule has 0 spiro atoms. The molecular formula is C62H70. The van der Waals surface area contributed by atoms with E-state index < -0.39 is 0 Å². The average molecular weight is 815 g/mol. The van der Waals surface area contributed by atoms with Crippen LogP contribution in [0.15, 0.2) is 170 Å². The molecule has 0 aromatic heterocycles. The Balaban J connectivity index is 0.965. The molecule has 0 fully saturated rings. The summed E-state index contributed by atoms with van der Waals surface area (Å²) in [5, 5.41) is 0. The lowest BCUT2D eigenvalue weighted by Gasteiger charge is -2.14. The third-order valence-electron chi connectivity index (χ3n) is 13.0. The zero-order valence-corrected chi connectivity index (χ0v) is 37.9. The maximum absolute atomic E-state index is 2.53. The summed E-state index contributed by atoms with van der Waals surface area (Å²) < 4.78 is 0. The second kappa shape index (κ2) is 24.2. The summed E-state index contributed by atoms with van der Waals surface area (Å²) in [5.41, 5.74) is 18.2. The smallest absolute Gasteiger partial charge is 0.0149 e. The van der Waals surface area contributed by atoms with E-state index in [0.717, 1.165) is 0 Å². The molecule has 0 aliphatic heterocycles. The molecule has 318 valence electrons. The van der Waals surface area contributed by atoms with Gasteiger partial charge < -0.3 is 0 Å². The number of aryl methyl sites for hydroxylation is 2. The topological polar surface area (TPSA) is 0 Å². The Labute approximate surface area is 375 Å². The number of hydrogen-bond donors (Lipinski definition) is 0. The molecule has 0 N–H and O–H groups in total. The Kier molecular flexibility index (Phi) is 17.4. The van der Waals surface area contributed by atoms with Gasteiger partial charge in [0.2, 0.25) is 0 Å². The highest BCUT2D eigenvalue weighted by Crippen LogP contribution is 2.33. The molecule has 0 amide bonds. The first-order chi connectivity index (χ1) is 30.7. The molecule has 7 rings (SSSR count). The fraction of sp³-hybridized carbons (Fsp3) is 0.323. The summed E-state index contributed by atoms with van der Waals surface area (Å²) in [6.07, 6.45) is 24.2. The summed E-state index contributed by atoms with van der Waals surface area (Å²) in [6, 6.07) is 63.3. The third kappa shape index (κ3) is 13.0. The fourth-order valence-electron chi connectivity index (χ4n) is 9.07. The molecule has 0 radical (unpaired) electrons. The molecule has 0 bridgehead atoms. The Bertz CT molecular complexity index is 2310. The minimum absolute atomic E-state index is 1.17. The largest absolute Gasteiger partial charge is 0.0654 e. The van der Waals surface area contributed by atoms with Crippen LogP contribution in [0.3, 0.4) is 0 Å². The lowest BCUT2D eigenvalue weighted by Crippen LogP contribution is -1.95. The van der Waals surface area contributed by atoms with Crippen molar-refractivity contribution in [1.29, 1.82) is 0 Å². The van der Waals surface area contributed by atoms with Crippen LogP contribution in [0.4, 0.5) is 0 Å². The monoisotopic (exact) mass is 815 g/mol. The van der Waals surface area contributed by atoms with E-state index >= 15 is 0 Å². The summed E-state index contributed by atoms with van der Waals surface area (Å²) in [7, 11) is 0. The van der Waals surface area contributed by atoms with Gasteiger partial charge in [0.25, 0.3) is 0 Å². The van der Waals surface area contributed by atoms with Crippen molar-refractivity contribution < 1.29 is 0 Å². The van der Waals surface area contributed by atoms with Crippen molar-refractivity contribution in [3.8, 4) is 66.8 Å². The second-order valence-electron chi connectivity index (χ2n) is 17.7. The van der Waals surface area contributed by atoms with E-state index in [9.17, 15) is 0 Å². The molecule has 62 heavy (non-hydrogen) atoms. The van der Waals surface area contributed by atoms with Gasteiger partial charge in [0.05, 0.1) is 0 Å². The zero-order valence-electron chi connectivity index (χ0n) is 37.9. The van der Waals surface area contributed by atoms with Crippen LogP contribution in [0, 0.1) is 0 Å². The van der Waals surface area contributed by atoms with Gasteiger partial charge in [-0.3, -0.25) is 0 Å². The number of rotatable bonds is 24. The van der Waals surface area contributed by atoms with Crippen LogP contribution >= 0.6 is 0 Å². The first-order valence-electron chi connectivity index (χ1n) is 24.4.